The van der Waals surface area contributed by atoms with Gasteiger partial charge in [-0.2, -0.15) is 5.10 Å². The molecule has 1 aliphatic rings. The van der Waals surface area contributed by atoms with Crippen molar-refractivity contribution < 1.29 is 0 Å². The summed E-state index contributed by atoms with van der Waals surface area (Å²) in [6, 6.07) is 5.66. The van der Waals surface area contributed by atoms with Gasteiger partial charge in [0.15, 0.2) is 11.6 Å². The molecule has 0 saturated carbocycles. The average Bonchev–Trinajstić information content (AvgIpc) is 3.14. The van der Waals surface area contributed by atoms with Gasteiger partial charge < -0.3 is 0 Å². The standard InChI is InChI=1S/C18H13N7/c1-3-13(10-19-6-1)25-11-14-15(24-25)5-4-12-9-22-18(23-16(12)14)17-20-7-2-8-21-17/h1-3,6-11H,4-5H2. The van der Waals surface area contributed by atoms with Crippen molar-refractivity contribution in [1.29, 1.82) is 0 Å². The maximum Gasteiger partial charge on any atom is 0.198 e. The second kappa shape index (κ2) is 5.55. The fourth-order valence-corrected chi connectivity index (χ4v) is 3.01. The van der Waals surface area contributed by atoms with E-state index < -0.39 is 0 Å². The summed E-state index contributed by atoms with van der Waals surface area (Å²) in [7, 11) is 0. The van der Waals surface area contributed by atoms with Gasteiger partial charge in [-0.3, -0.25) is 4.98 Å². The minimum Gasteiger partial charge on any atom is -0.262 e. The van der Waals surface area contributed by atoms with Crippen molar-refractivity contribution in [2.24, 2.45) is 0 Å². The monoisotopic (exact) mass is 327 g/mol. The van der Waals surface area contributed by atoms with Crippen LogP contribution in [0.4, 0.5) is 0 Å². The molecule has 4 heterocycles. The Balaban J connectivity index is 1.63. The zero-order valence-electron chi connectivity index (χ0n) is 13.2. The molecule has 0 unspecified atom stereocenters. The van der Waals surface area contributed by atoms with Gasteiger partial charge in [0.2, 0.25) is 0 Å². The van der Waals surface area contributed by atoms with Crippen molar-refractivity contribution in [3.63, 3.8) is 0 Å². The molecule has 1 aliphatic carbocycles. The Morgan fingerprint density at radius 1 is 0.880 bits per heavy atom. The summed E-state index contributed by atoms with van der Waals surface area (Å²) in [6.07, 6.45) is 12.6. The van der Waals surface area contributed by atoms with Gasteiger partial charge in [0.25, 0.3) is 0 Å². The SMILES string of the molecule is c1cnc(-c2ncc3c(n2)-c2cn(-c4cccnc4)nc2CC3)nc1. The summed E-state index contributed by atoms with van der Waals surface area (Å²) in [4.78, 5) is 21.8. The Kier molecular flexibility index (Phi) is 3.09. The third kappa shape index (κ3) is 2.37. The second-order valence-electron chi connectivity index (χ2n) is 5.79. The smallest absolute Gasteiger partial charge is 0.198 e. The molecule has 4 aromatic rings. The molecule has 0 atom stereocenters. The highest BCUT2D eigenvalue weighted by atomic mass is 15.3. The number of hydrogen-bond acceptors (Lipinski definition) is 6. The van der Waals surface area contributed by atoms with Crippen LogP contribution in [0.1, 0.15) is 11.3 Å². The highest BCUT2D eigenvalue weighted by Crippen LogP contribution is 2.32. The number of fused-ring (bicyclic) bond motifs is 3. The van der Waals surface area contributed by atoms with Crippen LogP contribution in [-0.4, -0.2) is 34.7 Å². The van der Waals surface area contributed by atoms with E-state index in [0.717, 1.165) is 41.0 Å². The van der Waals surface area contributed by atoms with E-state index in [1.54, 1.807) is 30.9 Å². The van der Waals surface area contributed by atoms with Crippen molar-refractivity contribution in [2.75, 3.05) is 0 Å². The highest BCUT2D eigenvalue weighted by molar-refractivity contribution is 5.69. The Hall–Kier alpha value is -3.48. The molecule has 0 spiro atoms. The van der Waals surface area contributed by atoms with Gasteiger partial charge in [-0.1, -0.05) is 0 Å². The van der Waals surface area contributed by atoms with E-state index in [1.165, 1.54) is 0 Å². The first-order valence-corrected chi connectivity index (χ1v) is 8.01. The lowest BCUT2D eigenvalue weighted by Gasteiger charge is -2.14. The molecule has 0 radical (unpaired) electrons. The molecule has 0 aromatic carbocycles. The number of rotatable bonds is 2. The van der Waals surface area contributed by atoms with E-state index in [-0.39, 0.29) is 0 Å². The minimum atomic E-state index is 0.525. The van der Waals surface area contributed by atoms with E-state index in [4.69, 9.17) is 10.1 Å². The van der Waals surface area contributed by atoms with Crippen LogP contribution in [0.15, 0.2) is 55.4 Å². The normalized spacial score (nSPS) is 12.5. The van der Waals surface area contributed by atoms with Gasteiger partial charge in [0.05, 0.1) is 23.3 Å². The third-order valence-electron chi connectivity index (χ3n) is 4.22. The Morgan fingerprint density at radius 2 is 1.80 bits per heavy atom. The molecule has 0 amide bonds. The van der Waals surface area contributed by atoms with Gasteiger partial charge in [-0.25, -0.2) is 24.6 Å². The quantitative estimate of drug-likeness (QED) is 0.562. The summed E-state index contributed by atoms with van der Waals surface area (Å²) < 4.78 is 1.85. The molecule has 7 nitrogen and oxygen atoms in total. The van der Waals surface area contributed by atoms with Crippen LogP contribution >= 0.6 is 0 Å². The zero-order chi connectivity index (χ0) is 16.6. The summed E-state index contributed by atoms with van der Waals surface area (Å²) in [5.41, 5.74) is 5.03. The number of hydrogen-bond donors (Lipinski definition) is 0. The Bertz CT molecular complexity index is 1040. The van der Waals surface area contributed by atoms with Gasteiger partial charge in [0.1, 0.15) is 0 Å². The van der Waals surface area contributed by atoms with Crippen LogP contribution in [0.25, 0.3) is 28.6 Å². The number of pyridine rings is 1. The van der Waals surface area contributed by atoms with E-state index in [1.807, 2.05) is 29.2 Å². The lowest BCUT2D eigenvalue weighted by molar-refractivity contribution is 0.807. The fraction of sp³-hybridized carbons (Fsp3) is 0.111. The van der Waals surface area contributed by atoms with Gasteiger partial charge >= 0.3 is 0 Å². The highest BCUT2D eigenvalue weighted by Gasteiger charge is 2.23. The third-order valence-corrected chi connectivity index (χ3v) is 4.22. The first-order chi connectivity index (χ1) is 12.4. The molecule has 0 aliphatic heterocycles. The second-order valence-corrected chi connectivity index (χ2v) is 5.79. The topological polar surface area (TPSA) is 82.3 Å². The summed E-state index contributed by atoms with van der Waals surface area (Å²) in [5.74, 6) is 1.05. The maximum atomic E-state index is 4.73. The van der Waals surface area contributed by atoms with Crippen LogP contribution in [0, 0.1) is 0 Å². The van der Waals surface area contributed by atoms with E-state index in [0.29, 0.717) is 11.6 Å². The van der Waals surface area contributed by atoms with Crippen molar-refractivity contribution in [1.82, 2.24) is 34.7 Å². The van der Waals surface area contributed by atoms with Crippen LogP contribution in [0.2, 0.25) is 0 Å². The fourth-order valence-electron chi connectivity index (χ4n) is 3.01. The van der Waals surface area contributed by atoms with E-state index in [9.17, 15) is 0 Å². The summed E-state index contributed by atoms with van der Waals surface area (Å²) in [5, 5.41) is 4.71. The Morgan fingerprint density at radius 3 is 2.64 bits per heavy atom. The predicted octanol–water partition coefficient (Wildman–Crippen LogP) is 2.28. The van der Waals surface area contributed by atoms with Crippen molar-refractivity contribution in [3.8, 4) is 28.6 Å². The van der Waals surface area contributed by atoms with Crippen molar-refractivity contribution in [3.05, 3.63) is 66.6 Å². The lowest BCUT2D eigenvalue weighted by atomic mass is 9.95. The maximum absolute atomic E-state index is 4.73. The lowest BCUT2D eigenvalue weighted by Crippen LogP contribution is -2.07. The van der Waals surface area contributed by atoms with Crippen LogP contribution in [0.3, 0.4) is 0 Å². The molecule has 0 bridgehead atoms. The number of aryl methyl sites for hydroxylation is 2. The van der Waals surface area contributed by atoms with Gasteiger partial charge in [-0.15, -0.1) is 0 Å². The molecule has 5 rings (SSSR count). The first-order valence-electron chi connectivity index (χ1n) is 8.01. The minimum absolute atomic E-state index is 0.525. The van der Waals surface area contributed by atoms with Crippen LogP contribution in [0.5, 0.6) is 0 Å². The van der Waals surface area contributed by atoms with Crippen molar-refractivity contribution in [2.45, 2.75) is 12.8 Å². The largest absolute Gasteiger partial charge is 0.262 e. The van der Waals surface area contributed by atoms with Gasteiger partial charge in [0, 0.05) is 36.5 Å². The zero-order valence-corrected chi connectivity index (χ0v) is 13.2. The average molecular weight is 327 g/mol. The van der Waals surface area contributed by atoms with E-state index in [2.05, 4.69) is 19.9 Å². The molecule has 25 heavy (non-hydrogen) atoms. The molecular formula is C18H13N7. The summed E-state index contributed by atoms with van der Waals surface area (Å²) >= 11 is 0. The summed E-state index contributed by atoms with van der Waals surface area (Å²) in [6.45, 7) is 0. The number of aromatic nitrogens is 7. The Labute approximate surface area is 143 Å². The molecular weight excluding hydrogens is 314 g/mol. The van der Waals surface area contributed by atoms with Crippen LogP contribution in [-0.2, 0) is 12.8 Å². The molecule has 7 heteroatoms. The predicted molar refractivity (Wildman–Crippen MR) is 90.8 cm³/mol. The number of nitrogens with zero attached hydrogens (tertiary/aromatic N) is 7. The van der Waals surface area contributed by atoms with Crippen molar-refractivity contribution >= 4 is 0 Å². The molecule has 0 N–H and O–H groups in total. The van der Waals surface area contributed by atoms with E-state index >= 15 is 0 Å². The molecule has 0 saturated heterocycles. The molecule has 0 fully saturated rings. The molecule has 4 aromatic heterocycles. The first kappa shape index (κ1) is 13.9. The molecule has 120 valence electrons. The van der Waals surface area contributed by atoms with Gasteiger partial charge in [-0.05, 0) is 36.6 Å². The van der Waals surface area contributed by atoms with Crippen LogP contribution < -0.4 is 0 Å².